The summed E-state index contributed by atoms with van der Waals surface area (Å²) in [6, 6.07) is 5.40. The molecule has 2 fully saturated rings. The fraction of sp³-hybridized carbons (Fsp3) is 0.650. The molecule has 1 unspecified atom stereocenters. The van der Waals surface area contributed by atoms with E-state index in [4.69, 9.17) is 16.3 Å². The highest BCUT2D eigenvalue weighted by atomic mass is 35.5. The third-order valence-electron chi connectivity index (χ3n) is 5.89. The Kier molecular flexibility index (Phi) is 6.77. The first-order valence-corrected chi connectivity index (χ1v) is 11.8. The summed E-state index contributed by atoms with van der Waals surface area (Å²) in [6.45, 7) is 5.24. The first-order chi connectivity index (χ1) is 13.6. The Hall–Kier alpha value is -1.35. The molecule has 2 aliphatic rings. The van der Waals surface area contributed by atoms with Crippen LogP contribution in [0.2, 0.25) is 5.02 Å². The molecule has 0 saturated carbocycles. The number of halogens is 1. The van der Waals surface area contributed by atoms with Gasteiger partial charge in [-0.05, 0) is 62.8 Å². The van der Waals surface area contributed by atoms with Crippen molar-refractivity contribution in [2.24, 2.45) is 5.92 Å². The number of fused-ring (bicyclic) bond motifs is 1. The largest absolute Gasteiger partial charge is 0.481 e. The number of hydrogen-bond donors (Lipinski definition) is 0. The average molecular weight is 444 g/mol. The number of rotatable bonds is 5. The fourth-order valence-corrected chi connectivity index (χ4v) is 5.71. The highest BCUT2D eigenvalue weighted by molar-refractivity contribution is 7.86. The van der Waals surface area contributed by atoms with Gasteiger partial charge < -0.3 is 9.64 Å². The topological polar surface area (TPSA) is 70.2 Å². The standard InChI is InChI=1S/C20H30ClN3O4S/c1-14-12-17(21)7-8-19(14)28-15(2)20(25)24-10-5-6-16-13-23(11-9-18(16)24)29(26,27)22(3)4/h7-8,12,15-16,18H,5-6,9-11,13H2,1-4H3/t15?,16-,18+/m0/s1. The summed E-state index contributed by atoms with van der Waals surface area (Å²) in [7, 11) is -0.323. The monoisotopic (exact) mass is 443 g/mol. The minimum Gasteiger partial charge on any atom is -0.481 e. The summed E-state index contributed by atoms with van der Waals surface area (Å²) in [5, 5.41) is 0.632. The number of amides is 1. The van der Waals surface area contributed by atoms with Crippen molar-refractivity contribution >= 4 is 27.7 Å². The lowest BCUT2D eigenvalue weighted by atomic mass is 9.84. The molecule has 1 amide bonds. The van der Waals surface area contributed by atoms with E-state index < -0.39 is 16.3 Å². The van der Waals surface area contributed by atoms with Gasteiger partial charge in [0.25, 0.3) is 16.1 Å². The Morgan fingerprint density at radius 3 is 2.66 bits per heavy atom. The first-order valence-electron chi connectivity index (χ1n) is 10.0. The molecule has 0 aromatic heterocycles. The van der Waals surface area contributed by atoms with Gasteiger partial charge in [0.15, 0.2) is 6.10 Å². The number of piperidine rings is 2. The van der Waals surface area contributed by atoms with Crippen molar-refractivity contribution < 1.29 is 17.9 Å². The van der Waals surface area contributed by atoms with E-state index in [9.17, 15) is 13.2 Å². The third kappa shape index (κ3) is 4.71. The molecule has 2 aliphatic heterocycles. The van der Waals surface area contributed by atoms with Crippen LogP contribution in [-0.2, 0) is 15.0 Å². The second kappa shape index (κ2) is 8.79. The number of aryl methyl sites for hydroxylation is 1. The summed E-state index contributed by atoms with van der Waals surface area (Å²) in [5.41, 5.74) is 0.885. The van der Waals surface area contributed by atoms with Gasteiger partial charge in [0.05, 0.1) is 0 Å². The van der Waals surface area contributed by atoms with Gasteiger partial charge in [-0.15, -0.1) is 0 Å². The predicted octanol–water partition coefficient (Wildman–Crippen LogP) is 2.54. The fourth-order valence-electron chi connectivity index (χ4n) is 4.30. The van der Waals surface area contributed by atoms with Crippen molar-refractivity contribution in [2.45, 2.75) is 45.3 Å². The Balaban J connectivity index is 1.69. The molecule has 2 heterocycles. The van der Waals surface area contributed by atoms with Gasteiger partial charge in [0.2, 0.25) is 0 Å². The predicted molar refractivity (Wildman–Crippen MR) is 113 cm³/mol. The van der Waals surface area contributed by atoms with E-state index in [-0.39, 0.29) is 17.9 Å². The summed E-state index contributed by atoms with van der Waals surface area (Å²) >= 11 is 6.00. The van der Waals surface area contributed by atoms with Crippen LogP contribution in [-0.4, -0.2) is 73.7 Å². The quantitative estimate of drug-likeness (QED) is 0.701. The van der Waals surface area contributed by atoms with Crippen molar-refractivity contribution in [3.8, 4) is 5.75 Å². The van der Waals surface area contributed by atoms with Gasteiger partial charge >= 0.3 is 0 Å². The summed E-state index contributed by atoms with van der Waals surface area (Å²) in [6.07, 6.45) is 1.84. The van der Waals surface area contributed by atoms with Crippen LogP contribution < -0.4 is 4.74 Å². The van der Waals surface area contributed by atoms with Gasteiger partial charge in [0.1, 0.15) is 5.75 Å². The number of carbonyl (C=O) groups excluding carboxylic acids is 1. The zero-order valence-electron chi connectivity index (χ0n) is 17.5. The number of nitrogens with zero attached hydrogens (tertiary/aromatic N) is 3. The summed E-state index contributed by atoms with van der Waals surface area (Å²) in [5.74, 6) is 0.759. The smallest absolute Gasteiger partial charge is 0.281 e. The second-order valence-electron chi connectivity index (χ2n) is 8.11. The zero-order chi connectivity index (χ0) is 21.3. The van der Waals surface area contributed by atoms with E-state index >= 15 is 0 Å². The molecule has 3 atom stereocenters. The Bertz CT molecular complexity index is 861. The number of likely N-dealkylation sites (tertiary alicyclic amines) is 1. The molecule has 0 bridgehead atoms. The van der Waals surface area contributed by atoms with Crippen molar-refractivity contribution in [3.63, 3.8) is 0 Å². The van der Waals surface area contributed by atoms with Crippen LogP contribution in [0, 0.1) is 12.8 Å². The van der Waals surface area contributed by atoms with Crippen LogP contribution in [0.4, 0.5) is 0 Å². The van der Waals surface area contributed by atoms with E-state index in [1.165, 1.54) is 4.31 Å². The minimum absolute atomic E-state index is 0.0435. The number of carbonyl (C=O) groups is 1. The Labute approximate surface area is 178 Å². The molecule has 2 saturated heterocycles. The van der Waals surface area contributed by atoms with Gasteiger partial charge in [-0.25, -0.2) is 0 Å². The van der Waals surface area contributed by atoms with E-state index in [1.807, 2.05) is 17.9 Å². The van der Waals surface area contributed by atoms with Crippen LogP contribution in [0.25, 0.3) is 0 Å². The van der Waals surface area contributed by atoms with Crippen molar-refractivity contribution in [2.75, 3.05) is 33.7 Å². The van der Waals surface area contributed by atoms with E-state index in [2.05, 4.69) is 0 Å². The van der Waals surface area contributed by atoms with Crippen LogP contribution in [0.1, 0.15) is 31.7 Å². The van der Waals surface area contributed by atoms with Gasteiger partial charge in [0, 0.05) is 44.8 Å². The highest BCUT2D eigenvalue weighted by Crippen LogP contribution is 2.33. The van der Waals surface area contributed by atoms with Crippen LogP contribution in [0.15, 0.2) is 18.2 Å². The molecule has 29 heavy (non-hydrogen) atoms. The normalized spacial score (nSPS) is 24.3. The Morgan fingerprint density at radius 2 is 2.00 bits per heavy atom. The van der Waals surface area contributed by atoms with E-state index in [0.29, 0.717) is 36.8 Å². The van der Waals surface area contributed by atoms with E-state index in [1.54, 1.807) is 37.5 Å². The first kappa shape index (κ1) is 22.3. The van der Waals surface area contributed by atoms with Crippen molar-refractivity contribution in [3.05, 3.63) is 28.8 Å². The van der Waals surface area contributed by atoms with Gasteiger partial charge in [-0.2, -0.15) is 17.0 Å². The minimum atomic E-state index is -3.43. The maximum atomic E-state index is 13.2. The summed E-state index contributed by atoms with van der Waals surface area (Å²) in [4.78, 5) is 15.1. The molecule has 0 N–H and O–H groups in total. The van der Waals surface area contributed by atoms with Gasteiger partial charge in [-0.3, -0.25) is 4.79 Å². The third-order valence-corrected chi connectivity index (χ3v) is 8.03. The molecule has 3 rings (SSSR count). The molecule has 9 heteroatoms. The second-order valence-corrected chi connectivity index (χ2v) is 10.7. The SMILES string of the molecule is Cc1cc(Cl)ccc1OC(C)C(=O)N1CCC[C@H]2CN(S(=O)(=O)N(C)C)CC[C@H]21. The maximum absolute atomic E-state index is 13.2. The molecule has 1 aromatic rings. The lowest BCUT2D eigenvalue weighted by molar-refractivity contribution is -0.144. The van der Waals surface area contributed by atoms with Crippen molar-refractivity contribution in [1.82, 2.24) is 13.5 Å². The maximum Gasteiger partial charge on any atom is 0.281 e. The zero-order valence-corrected chi connectivity index (χ0v) is 19.0. The number of benzene rings is 1. The molecule has 162 valence electrons. The lowest BCUT2D eigenvalue weighted by Gasteiger charge is -2.47. The van der Waals surface area contributed by atoms with E-state index in [0.717, 1.165) is 18.4 Å². The molecule has 0 spiro atoms. The number of ether oxygens (including phenoxy) is 1. The molecule has 7 nitrogen and oxygen atoms in total. The molecule has 1 aromatic carbocycles. The van der Waals surface area contributed by atoms with Crippen LogP contribution in [0.3, 0.4) is 0 Å². The summed E-state index contributed by atoms with van der Waals surface area (Å²) < 4.78 is 33.7. The average Bonchev–Trinajstić information content (AvgIpc) is 2.68. The lowest BCUT2D eigenvalue weighted by Crippen LogP contribution is -2.59. The van der Waals surface area contributed by atoms with Crippen LogP contribution in [0.5, 0.6) is 5.75 Å². The molecular formula is C20H30ClN3O4S. The molecular weight excluding hydrogens is 414 g/mol. The molecule has 0 radical (unpaired) electrons. The number of hydrogen-bond acceptors (Lipinski definition) is 4. The molecule has 0 aliphatic carbocycles. The van der Waals surface area contributed by atoms with Crippen molar-refractivity contribution in [1.29, 1.82) is 0 Å². The van der Waals surface area contributed by atoms with Gasteiger partial charge in [-0.1, -0.05) is 11.6 Å². The van der Waals surface area contributed by atoms with Crippen LogP contribution >= 0.6 is 11.6 Å². The highest BCUT2D eigenvalue weighted by Gasteiger charge is 2.42. The Morgan fingerprint density at radius 1 is 1.28 bits per heavy atom.